The zero-order valence-corrected chi connectivity index (χ0v) is 8.09. The van der Waals surface area contributed by atoms with E-state index in [1.165, 1.54) is 12.8 Å². The van der Waals surface area contributed by atoms with Crippen LogP contribution in [0.2, 0.25) is 0 Å². The molecule has 0 aliphatic heterocycles. The van der Waals surface area contributed by atoms with Gasteiger partial charge in [-0.1, -0.05) is 27.7 Å². The van der Waals surface area contributed by atoms with Crippen molar-refractivity contribution in [2.75, 3.05) is 0 Å². The zero-order chi connectivity index (χ0) is 8.65. The Morgan fingerprint density at radius 2 is 1.73 bits per heavy atom. The van der Waals surface area contributed by atoms with Crippen molar-refractivity contribution in [3.05, 3.63) is 0 Å². The molecule has 0 bridgehead atoms. The molecule has 0 aromatic rings. The molecule has 0 aromatic carbocycles. The monoisotopic (exact) mass is 156 g/mol. The van der Waals surface area contributed by atoms with Gasteiger partial charge in [0.1, 0.15) is 0 Å². The second-order valence-electron chi connectivity index (χ2n) is 5.11. The van der Waals surface area contributed by atoms with Crippen LogP contribution in [0.4, 0.5) is 0 Å². The van der Waals surface area contributed by atoms with Gasteiger partial charge in [-0.25, -0.2) is 0 Å². The molecule has 1 N–H and O–H groups in total. The van der Waals surface area contributed by atoms with E-state index in [0.29, 0.717) is 17.3 Å². The van der Waals surface area contributed by atoms with Crippen LogP contribution >= 0.6 is 0 Å². The summed E-state index contributed by atoms with van der Waals surface area (Å²) >= 11 is 0. The van der Waals surface area contributed by atoms with Crippen LogP contribution in [0.3, 0.4) is 0 Å². The summed E-state index contributed by atoms with van der Waals surface area (Å²) < 4.78 is 0. The first kappa shape index (κ1) is 9.05. The van der Waals surface area contributed by atoms with Crippen molar-refractivity contribution in [3.8, 4) is 0 Å². The van der Waals surface area contributed by atoms with Crippen molar-refractivity contribution in [2.24, 2.45) is 17.3 Å². The zero-order valence-electron chi connectivity index (χ0n) is 8.09. The van der Waals surface area contributed by atoms with Gasteiger partial charge in [0.2, 0.25) is 0 Å². The van der Waals surface area contributed by atoms with Crippen molar-refractivity contribution >= 4 is 0 Å². The van der Waals surface area contributed by atoms with E-state index in [0.717, 1.165) is 0 Å². The van der Waals surface area contributed by atoms with E-state index in [1.54, 1.807) is 0 Å². The average molecular weight is 156 g/mol. The Morgan fingerprint density at radius 3 is 2.00 bits per heavy atom. The SMILES string of the molecule is CC1C(O)C1CCC(C)(C)C. The maximum atomic E-state index is 9.29. The van der Waals surface area contributed by atoms with Gasteiger partial charge in [0, 0.05) is 0 Å². The van der Waals surface area contributed by atoms with E-state index in [-0.39, 0.29) is 6.10 Å². The molecule has 0 saturated heterocycles. The molecule has 0 aromatic heterocycles. The quantitative estimate of drug-likeness (QED) is 0.651. The summed E-state index contributed by atoms with van der Waals surface area (Å²) in [5, 5.41) is 9.29. The molecule has 1 aliphatic rings. The standard InChI is InChI=1S/C10H20O/c1-7-8(9(7)11)5-6-10(2,3)4/h7-9,11H,5-6H2,1-4H3. The van der Waals surface area contributed by atoms with Crippen molar-refractivity contribution in [1.82, 2.24) is 0 Å². The van der Waals surface area contributed by atoms with Gasteiger partial charge < -0.3 is 5.11 Å². The molecule has 11 heavy (non-hydrogen) atoms. The maximum Gasteiger partial charge on any atom is 0.0601 e. The number of aliphatic hydroxyl groups excluding tert-OH is 1. The number of rotatable bonds is 2. The lowest BCUT2D eigenvalue weighted by Gasteiger charge is -2.17. The van der Waals surface area contributed by atoms with E-state index >= 15 is 0 Å². The Balaban J connectivity index is 2.15. The second-order valence-corrected chi connectivity index (χ2v) is 5.11. The number of hydrogen-bond donors (Lipinski definition) is 1. The first-order valence-corrected chi connectivity index (χ1v) is 4.60. The van der Waals surface area contributed by atoms with Crippen molar-refractivity contribution < 1.29 is 5.11 Å². The Kier molecular flexibility index (Phi) is 2.29. The summed E-state index contributed by atoms with van der Waals surface area (Å²) in [6, 6.07) is 0. The first-order chi connectivity index (χ1) is 4.92. The number of aliphatic hydroxyl groups is 1. The lowest BCUT2D eigenvalue weighted by atomic mass is 9.89. The minimum atomic E-state index is 0.0114. The minimum Gasteiger partial charge on any atom is -0.393 e. The predicted molar refractivity (Wildman–Crippen MR) is 47.3 cm³/mol. The van der Waals surface area contributed by atoms with Gasteiger partial charge in [0.05, 0.1) is 6.10 Å². The van der Waals surface area contributed by atoms with Crippen molar-refractivity contribution in [2.45, 2.75) is 46.6 Å². The van der Waals surface area contributed by atoms with Crippen LogP contribution in [0.25, 0.3) is 0 Å². The highest BCUT2D eigenvalue weighted by Crippen LogP contribution is 2.43. The molecule has 3 unspecified atom stereocenters. The third-order valence-corrected chi connectivity index (χ3v) is 2.74. The Hall–Kier alpha value is -0.0400. The molecule has 3 atom stereocenters. The highest BCUT2D eigenvalue weighted by atomic mass is 16.3. The van der Waals surface area contributed by atoms with Gasteiger partial charge in [0.15, 0.2) is 0 Å². The lowest BCUT2D eigenvalue weighted by molar-refractivity contribution is 0.241. The van der Waals surface area contributed by atoms with Crippen molar-refractivity contribution in [1.29, 1.82) is 0 Å². The van der Waals surface area contributed by atoms with Gasteiger partial charge in [-0.2, -0.15) is 0 Å². The van der Waals surface area contributed by atoms with E-state index in [4.69, 9.17) is 0 Å². The molecular formula is C10H20O. The molecule has 1 aliphatic carbocycles. The normalized spacial score (nSPS) is 37.4. The molecule has 1 heteroatoms. The molecule has 0 spiro atoms. The molecule has 0 amide bonds. The van der Waals surface area contributed by atoms with E-state index in [1.807, 2.05) is 0 Å². The first-order valence-electron chi connectivity index (χ1n) is 4.60. The third-order valence-electron chi connectivity index (χ3n) is 2.74. The fourth-order valence-electron chi connectivity index (χ4n) is 1.56. The topological polar surface area (TPSA) is 20.2 Å². The summed E-state index contributed by atoms with van der Waals surface area (Å²) in [5.74, 6) is 1.17. The van der Waals surface area contributed by atoms with E-state index < -0.39 is 0 Å². The van der Waals surface area contributed by atoms with Crippen LogP contribution in [-0.2, 0) is 0 Å². The van der Waals surface area contributed by atoms with Gasteiger partial charge in [0.25, 0.3) is 0 Å². The van der Waals surface area contributed by atoms with Crippen LogP contribution in [-0.4, -0.2) is 11.2 Å². The van der Waals surface area contributed by atoms with Gasteiger partial charge in [-0.3, -0.25) is 0 Å². The van der Waals surface area contributed by atoms with Crippen LogP contribution in [0.5, 0.6) is 0 Å². The maximum absolute atomic E-state index is 9.29. The van der Waals surface area contributed by atoms with Gasteiger partial charge >= 0.3 is 0 Å². The van der Waals surface area contributed by atoms with Crippen LogP contribution in [0, 0.1) is 17.3 Å². The van der Waals surface area contributed by atoms with E-state index in [9.17, 15) is 5.11 Å². The predicted octanol–water partition coefficient (Wildman–Crippen LogP) is 2.44. The smallest absolute Gasteiger partial charge is 0.0601 e. The third kappa shape index (κ3) is 2.48. The Bertz CT molecular complexity index is 126. The highest BCUT2D eigenvalue weighted by Gasteiger charge is 2.44. The Morgan fingerprint density at radius 1 is 1.27 bits per heavy atom. The molecule has 1 nitrogen and oxygen atoms in total. The van der Waals surface area contributed by atoms with Crippen LogP contribution < -0.4 is 0 Å². The fourth-order valence-corrected chi connectivity index (χ4v) is 1.56. The molecule has 0 heterocycles. The van der Waals surface area contributed by atoms with Gasteiger partial charge in [-0.15, -0.1) is 0 Å². The summed E-state index contributed by atoms with van der Waals surface area (Å²) in [6.45, 7) is 8.91. The number of hydrogen-bond acceptors (Lipinski definition) is 1. The molecule has 0 radical (unpaired) electrons. The molecule has 1 saturated carbocycles. The molecule has 66 valence electrons. The van der Waals surface area contributed by atoms with Crippen molar-refractivity contribution in [3.63, 3.8) is 0 Å². The minimum absolute atomic E-state index is 0.0114. The van der Waals surface area contributed by atoms with E-state index in [2.05, 4.69) is 27.7 Å². The van der Waals surface area contributed by atoms with Gasteiger partial charge in [-0.05, 0) is 30.1 Å². The van der Waals surface area contributed by atoms with Crippen LogP contribution in [0.1, 0.15) is 40.5 Å². The molecule has 1 rings (SSSR count). The highest BCUT2D eigenvalue weighted by molar-refractivity contribution is 4.94. The second kappa shape index (κ2) is 2.78. The summed E-state index contributed by atoms with van der Waals surface area (Å²) in [4.78, 5) is 0. The summed E-state index contributed by atoms with van der Waals surface area (Å²) in [5.41, 5.74) is 0.433. The largest absolute Gasteiger partial charge is 0.393 e. The Labute approximate surface area is 69.8 Å². The molecular weight excluding hydrogens is 136 g/mol. The summed E-state index contributed by atoms with van der Waals surface area (Å²) in [6.07, 6.45) is 2.45. The summed E-state index contributed by atoms with van der Waals surface area (Å²) in [7, 11) is 0. The average Bonchev–Trinajstić information content (AvgIpc) is 2.36. The lowest BCUT2D eigenvalue weighted by Crippen LogP contribution is -2.05. The molecule has 1 fully saturated rings. The fraction of sp³-hybridized carbons (Fsp3) is 1.00. The van der Waals surface area contributed by atoms with Crippen LogP contribution in [0.15, 0.2) is 0 Å².